The molecule has 0 bridgehead atoms. The highest BCUT2D eigenvalue weighted by atomic mass is 35.5. The molecular formula is C20H26ClFN2O4. The van der Waals surface area contributed by atoms with Crippen molar-refractivity contribution in [3.63, 3.8) is 0 Å². The lowest BCUT2D eigenvalue weighted by Crippen LogP contribution is -2.44. The van der Waals surface area contributed by atoms with Crippen molar-refractivity contribution in [2.75, 3.05) is 11.9 Å². The molecule has 0 unspecified atom stereocenters. The molecule has 154 valence electrons. The minimum Gasteiger partial charge on any atom is -0.455 e. The van der Waals surface area contributed by atoms with Crippen molar-refractivity contribution in [2.45, 2.75) is 58.4 Å². The molecule has 2 amide bonds. The van der Waals surface area contributed by atoms with Crippen LogP contribution in [0.2, 0.25) is 5.02 Å². The standard InChI is InChI=1S/C20H26ClFN2O4/c1-19(2,3)24-16(25)11-20(8-4-5-9-20)18(27)28-12-17(26)23-15-7-6-13(21)10-14(15)22/h6-7,10H,4-5,8-9,11-12H2,1-3H3,(H,23,26)(H,24,25). The van der Waals surface area contributed by atoms with Gasteiger partial charge >= 0.3 is 5.97 Å². The Hall–Kier alpha value is -2.15. The summed E-state index contributed by atoms with van der Waals surface area (Å²) in [6.07, 6.45) is 2.74. The van der Waals surface area contributed by atoms with E-state index >= 15 is 0 Å². The van der Waals surface area contributed by atoms with Crippen LogP contribution >= 0.6 is 11.6 Å². The van der Waals surface area contributed by atoms with Gasteiger partial charge in [0.25, 0.3) is 5.91 Å². The van der Waals surface area contributed by atoms with Crippen LogP contribution < -0.4 is 10.6 Å². The topological polar surface area (TPSA) is 84.5 Å². The highest BCUT2D eigenvalue weighted by Gasteiger charge is 2.44. The number of halogens is 2. The molecule has 1 aliphatic carbocycles. The molecule has 0 atom stereocenters. The third-order valence-electron chi connectivity index (χ3n) is 4.55. The number of anilines is 1. The first-order valence-corrected chi connectivity index (χ1v) is 9.62. The van der Waals surface area contributed by atoms with Crippen molar-refractivity contribution in [3.8, 4) is 0 Å². The van der Waals surface area contributed by atoms with Gasteiger partial charge in [-0.15, -0.1) is 0 Å². The molecule has 0 spiro atoms. The van der Waals surface area contributed by atoms with Crippen molar-refractivity contribution in [2.24, 2.45) is 5.41 Å². The second kappa shape index (κ2) is 8.90. The van der Waals surface area contributed by atoms with E-state index in [-0.39, 0.29) is 23.0 Å². The number of hydrogen-bond acceptors (Lipinski definition) is 4. The SMILES string of the molecule is CC(C)(C)NC(=O)CC1(C(=O)OCC(=O)Nc2ccc(Cl)cc2F)CCCC1. The molecule has 1 aromatic rings. The number of ether oxygens (including phenoxy) is 1. The second-order valence-corrected chi connectivity index (χ2v) is 8.65. The predicted octanol–water partition coefficient (Wildman–Crippen LogP) is 3.83. The summed E-state index contributed by atoms with van der Waals surface area (Å²) in [6, 6.07) is 3.84. The van der Waals surface area contributed by atoms with Gasteiger partial charge in [-0.2, -0.15) is 0 Å². The zero-order valence-corrected chi connectivity index (χ0v) is 17.1. The van der Waals surface area contributed by atoms with Gasteiger partial charge in [-0.25, -0.2) is 4.39 Å². The van der Waals surface area contributed by atoms with Crippen molar-refractivity contribution < 1.29 is 23.5 Å². The van der Waals surface area contributed by atoms with E-state index in [4.69, 9.17) is 16.3 Å². The van der Waals surface area contributed by atoms with Gasteiger partial charge in [0, 0.05) is 17.0 Å². The number of esters is 1. The van der Waals surface area contributed by atoms with Gasteiger partial charge in [0.1, 0.15) is 5.82 Å². The van der Waals surface area contributed by atoms with Crippen molar-refractivity contribution in [1.82, 2.24) is 5.32 Å². The molecule has 1 aromatic carbocycles. The molecule has 0 radical (unpaired) electrons. The number of carbonyl (C=O) groups excluding carboxylic acids is 3. The molecule has 2 rings (SSSR count). The maximum absolute atomic E-state index is 13.7. The minimum absolute atomic E-state index is 0.0243. The fourth-order valence-electron chi connectivity index (χ4n) is 3.34. The van der Waals surface area contributed by atoms with E-state index in [0.29, 0.717) is 12.8 Å². The Labute approximate surface area is 169 Å². The second-order valence-electron chi connectivity index (χ2n) is 8.21. The molecule has 1 fully saturated rings. The summed E-state index contributed by atoms with van der Waals surface area (Å²) >= 11 is 5.67. The van der Waals surface area contributed by atoms with E-state index in [1.54, 1.807) is 0 Å². The van der Waals surface area contributed by atoms with Crippen LogP contribution in [-0.2, 0) is 19.1 Å². The van der Waals surface area contributed by atoms with Gasteiger partial charge in [0.15, 0.2) is 6.61 Å². The zero-order valence-electron chi connectivity index (χ0n) is 16.4. The first-order chi connectivity index (χ1) is 13.0. The van der Waals surface area contributed by atoms with Crippen LogP contribution in [-0.4, -0.2) is 29.9 Å². The Morgan fingerprint density at radius 2 is 1.82 bits per heavy atom. The number of benzene rings is 1. The number of amides is 2. The smallest absolute Gasteiger partial charge is 0.313 e. The van der Waals surface area contributed by atoms with Crippen LogP contribution in [0.4, 0.5) is 10.1 Å². The predicted molar refractivity (Wildman–Crippen MR) is 104 cm³/mol. The molecular weight excluding hydrogens is 387 g/mol. The molecule has 0 saturated heterocycles. The lowest BCUT2D eigenvalue weighted by Gasteiger charge is -2.28. The summed E-state index contributed by atoms with van der Waals surface area (Å²) in [5, 5.41) is 5.40. The molecule has 1 saturated carbocycles. The van der Waals surface area contributed by atoms with Crippen LogP contribution in [0, 0.1) is 11.2 Å². The van der Waals surface area contributed by atoms with Crippen molar-refractivity contribution in [1.29, 1.82) is 0 Å². The molecule has 6 nitrogen and oxygen atoms in total. The molecule has 0 aromatic heterocycles. The lowest BCUT2D eigenvalue weighted by molar-refractivity contribution is -0.160. The fraction of sp³-hybridized carbons (Fsp3) is 0.550. The Balaban J connectivity index is 1.94. The van der Waals surface area contributed by atoms with Gasteiger partial charge < -0.3 is 15.4 Å². The van der Waals surface area contributed by atoms with Crippen molar-refractivity contribution in [3.05, 3.63) is 29.0 Å². The number of hydrogen-bond donors (Lipinski definition) is 2. The Bertz CT molecular complexity index is 755. The summed E-state index contributed by atoms with van der Waals surface area (Å²) in [5.74, 6) is -2.14. The molecule has 2 N–H and O–H groups in total. The molecule has 0 heterocycles. The Morgan fingerprint density at radius 1 is 1.18 bits per heavy atom. The monoisotopic (exact) mass is 412 g/mol. The number of rotatable bonds is 6. The maximum atomic E-state index is 13.7. The summed E-state index contributed by atoms with van der Waals surface area (Å²) in [4.78, 5) is 37.0. The first kappa shape index (κ1) is 22.1. The largest absolute Gasteiger partial charge is 0.455 e. The Morgan fingerprint density at radius 3 is 2.39 bits per heavy atom. The highest BCUT2D eigenvalue weighted by Crippen LogP contribution is 2.42. The quantitative estimate of drug-likeness (QED) is 0.695. The van der Waals surface area contributed by atoms with E-state index in [1.165, 1.54) is 12.1 Å². The van der Waals surface area contributed by atoms with Crippen LogP contribution in [0.25, 0.3) is 0 Å². The minimum atomic E-state index is -0.916. The average Bonchev–Trinajstić information content (AvgIpc) is 3.03. The Kier molecular flexibility index (Phi) is 7.04. The van der Waals surface area contributed by atoms with E-state index in [2.05, 4.69) is 10.6 Å². The van der Waals surface area contributed by atoms with Gasteiger partial charge in [0.2, 0.25) is 5.91 Å². The molecule has 28 heavy (non-hydrogen) atoms. The van der Waals surface area contributed by atoms with Gasteiger partial charge in [-0.3, -0.25) is 14.4 Å². The molecule has 8 heteroatoms. The van der Waals surface area contributed by atoms with Crippen LogP contribution in [0.5, 0.6) is 0 Å². The van der Waals surface area contributed by atoms with Crippen molar-refractivity contribution >= 4 is 35.1 Å². The van der Waals surface area contributed by atoms with Gasteiger partial charge in [-0.05, 0) is 51.8 Å². The summed E-state index contributed by atoms with van der Waals surface area (Å²) in [7, 11) is 0. The number of nitrogens with one attached hydrogen (secondary N) is 2. The van der Waals surface area contributed by atoms with E-state index in [9.17, 15) is 18.8 Å². The van der Waals surface area contributed by atoms with E-state index in [0.717, 1.165) is 18.9 Å². The number of carbonyl (C=O) groups is 3. The zero-order chi connectivity index (χ0) is 20.9. The van der Waals surface area contributed by atoms with Crippen LogP contribution in [0.1, 0.15) is 52.9 Å². The maximum Gasteiger partial charge on any atom is 0.313 e. The highest BCUT2D eigenvalue weighted by molar-refractivity contribution is 6.30. The lowest BCUT2D eigenvalue weighted by atomic mass is 9.82. The summed E-state index contributed by atoms with van der Waals surface area (Å²) in [5.41, 5.74) is -1.37. The van der Waals surface area contributed by atoms with Gasteiger partial charge in [0.05, 0.1) is 11.1 Å². The normalized spacial score (nSPS) is 15.8. The van der Waals surface area contributed by atoms with Crippen LogP contribution in [0.15, 0.2) is 18.2 Å². The van der Waals surface area contributed by atoms with Gasteiger partial charge in [-0.1, -0.05) is 24.4 Å². The fourth-order valence-corrected chi connectivity index (χ4v) is 3.49. The van der Waals surface area contributed by atoms with E-state index < -0.39 is 35.3 Å². The third kappa shape index (κ3) is 6.19. The molecule has 1 aliphatic rings. The van der Waals surface area contributed by atoms with E-state index in [1.807, 2.05) is 20.8 Å². The summed E-state index contributed by atoms with van der Waals surface area (Å²) < 4.78 is 18.9. The summed E-state index contributed by atoms with van der Waals surface area (Å²) in [6.45, 7) is 5.05. The average molecular weight is 413 g/mol. The third-order valence-corrected chi connectivity index (χ3v) is 4.78. The van der Waals surface area contributed by atoms with Crippen LogP contribution in [0.3, 0.4) is 0 Å². The molecule has 0 aliphatic heterocycles. The first-order valence-electron chi connectivity index (χ1n) is 9.24.